The van der Waals surface area contributed by atoms with Crippen LogP contribution in [0.5, 0.6) is 11.5 Å². The van der Waals surface area contributed by atoms with Crippen LogP contribution in [0.1, 0.15) is 11.7 Å². The van der Waals surface area contributed by atoms with E-state index in [-0.39, 0.29) is 41.8 Å². The van der Waals surface area contributed by atoms with Crippen molar-refractivity contribution >= 4 is 11.6 Å². The molecule has 1 aliphatic rings. The number of benzene rings is 1. The fraction of sp³-hybridized carbons (Fsp3) is 0.300. The number of amides is 1. The molecule has 18 heavy (non-hydrogen) atoms. The van der Waals surface area contributed by atoms with Crippen molar-refractivity contribution in [3.8, 4) is 11.5 Å². The van der Waals surface area contributed by atoms with Gasteiger partial charge >= 0.3 is 0 Å². The normalized spacial score (nSPS) is 15.4. The van der Waals surface area contributed by atoms with E-state index in [1.54, 1.807) is 0 Å². The molecule has 1 aromatic carbocycles. The summed E-state index contributed by atoms with van der Waals surface area (Å²) in [4.78, 5) is 15.3. The molecule has 0 fully saturated rings. The molecule has 0 radical (unpaired) electrons. The fourth-order valence-electron chi connectivity index (χ4n) is 1.70. The average molecular weight is 256 g/mol. The maximum Gasteiger partial charge on any atom is 0.262 e. The van der Waals surface area contributed by atoms with Crippen molar-refractivity contribution < 1.29 is 30.0 Å². The first-order valence-electron chi connectivity index (χ1n) is 5.12. The van der Waals surface area contributed by atoms with Crippen LogP contribution in [0.4, 0.5) is 5.69 Å². The molecular formula is C10H12N2O6. The maximum absolute atomic E-state index is 11.2. The van der Waals surface area contributed by atoms with Gasteiger partial charge in [0.2, 0.25) is 0 Å². The second kappa shape index (κ2) is 5.19. The number of ether oxygens (including phenoxy) is 1. The van der Waals surface area contributed by atoms with E-state index in [1.165, 1.54) is 12.1 Å². The number of nitrogens with one attached hydrogen (secondary N) is 2. The highest BCUT2D eigenvalue weighted by Gasteiger charge is 2.24. The number of hydrogen-bond acceptors (Lipinski definition) is 7. The first kappa shape index (κ1) is 12.6. The first-order chi connectivity index (χ1) is 8.65. The highest BCUT2D eigenvalue weighted by molar-refractivity contribution is 5.96. The number of hydrogen-bond donors (Lipinski definition) is 5. The van der Waals surface area contributed by atoms with Gasteiger partial charge in [0, 0.05) is 11.6 Å². The molecule has 98 valence electrons. The zero-order valence-corrected chi connectivity index (χ0v) is 9.21. The van der Waals surface area contributed by atoms with Crippen LogP contribution >= 0.6 is 0 Å². The van der Waals surface area contributed by atoms with Gasteiger partial charge in [0.05, 0.1) is 18.3 Å². The topological polar surface area (TPSA) is 120 Å². The molecule has 0 aromatic heterocycles. The molecule has 0 saturated heterocycles. The van der Waals surface area contributed by atoms with Crippen LogP contribution in [0.15, 0.2) is 12.1 Å². The summed E-state index contributed by atoms with van der Waals surface area (Å²) in [6.45, 7) is -0.308. The number of hydroxylamine groups is 1. The third kappa shape index (κ3) is 2.36. The van der Waals surface area contributed by atoms with Gasteiger partial charge in [-0.2, -0.15) is 0 Å². The van der Waals surface area contributed by atoms with Crippen LogP contribution in [0, 0.1) is 0 Å². The number of aliphatic hydroxyl groups is 1. The van der Waals surface area contributed by atoms with Crippen molar-refractivity contribution in [2.75, 3.05) is 18.5 Å². The highest BCUT2D eigenvalue weighted by Crippen LogP contribution is 2.38. The number of rotatable bonds is 4. The molecule has 0 spiro atoms. The Labute approximate surface area is 102 Å². The molecule has 0 saturated carbocycles. The van der Waals surface area contributed by atoms with Gasteiger partial charge in [-0.3, -0.25) is 4.79 Å². The van der Waals surface area contributed by atoms with Crippen LogP contribution in [-0.4, -0.2) is 34.6 Å². The largest absolute Gasteiger partial charge is 0.481 e. The Morgan fingerprint density at radius 1 is 1.56 bits per heavy atom. The van der Waals surface area contributed by atoms with Gasteiger partial charge in [0.15, 0.2) is 12.4 Å². The van der Waals surface area contributed by atoms with Crippen LogP contribution in [0.2, 0.25) is 0 Å². The summed E-state index contributed by atoms with van der Waals surface area (Å²) in [5.74, 6) is -0.0389. The van der Waals surface area contributed by atoms with E-state index in [0.717, 1.165) is 0 Å². The van der Waals surface area contributed by atoms with Crippen LogP contribution in [0.3, 0.4) is 0 Å². The van der Waals surface area contributed by atoms with Gasteiger partial charge in [0.1, 0.15) is 5.75 Å². The summed E-state index contributed by atoms with van der Waals surface area (Å²) in [6.07, 6.45) is -1.09. The van der Waals surface area contributed by atoms with Crippen LogP contribution in [0.25, 0.3) is 0 Å². The molecule has 8 heteroatoms. The van der Waals surface area contributed by atoms with Gasteiger partial charge in [0.25, 0.3) is 5.91 Å². The number of carbonyl (C=O) groups is 1. The van der Waals surface area contributed by atoms with Crippen molar-refractivity contribution in [1.29, 1.82) is 0 Å². The third-order valence-corrected chi connectivity index (χ3v) is 2.46. The molecule has 5 N–H and O–H groups in total. The molecule has 1 aliphatic heterocycles. The second-order valence-electron chi connectivity index (χ2n) is 3.70. The molecule has 8 nitrogen and oxygen atoms in total. The summed E-state index contributed by atoms with van der Waals surface area (Å²) in [5.41, 5.74) is 2.38. The number of aliphatic hydroxyl groups excluding tert-OH is 1. The predicted octanol–water partition coefficient (Wildman–Crippen LogP) is -0.119. The van der Waals surface area contributed by atoms with Gasteiger partial charge in [-0.15, -0.1) is 0 Å². The van der Waals surface area contributed by atoms with E-state index in [1.807, 2.05) is 5.48 Å². The van der Waals surface area contributed by atoms with Crippen molar-refractivity contribution in [2.45, 2.75) is 6.10 Å². The lowest BCUT2D eigenvalue weighted by atomic mass is 10.1. The number of fused-ring (bicyclic) bond motifs is 1. The SMILES string of the molecule is O=C1COc2c(cc(OO)cc2[C@H](O)CNO)N1. The molecule has 0 unspecified atom stereocenters. The van der Waals surface area contributed by atoms with Crippen LogP contribution < -0.4 is 20.4 Å². The van der Waals surface area contributed by atoms with Crippen LogP contribution in [-0.2, 0) is 4.79 Å². The Bertz CT molecular complexity index is 464. The zero-order chi connectivity index (χ0) is 13.1. The smallest absolute Gasteiger partial charge is 0.262 e. The van der Waals surface area contributed by atoms with Crippen molar-refractivity contribution in [3.05, 3.63) is 17.7 Å². The quantitative estimate of drug-likeness (QED) is 0.376. The summed E-state index contributed by atoms with van der Waals surface area (Å²) in [5, 5.41) is 29.5. The van der Waals surface area contributed by atoms with Gasteiger partial charge < -0.3 is 25.3 Å². The van der Waals surface area contributed by atoms with E-state index in [4.69, 9.17) is 15.2 Å². The molecular weight excluding hydrogens is 244 g/mol. The molecule has 0 aliphatic carbocycles. The summed E-state index contributed by atoms with van der Waals surface area (Å²) >= 11 is 0. The Balaban J connectivity index is 2.44. The molecule has 0 bridgehead atoms. The molecule has 1 atom stereocenters. The lowest BCUT2D eigenvalue weighted by Gasteiger charge is -2.23. The Morgan fingerprint density at radius 2 is 2.33 bits per heavy atom. The number of carbonyl (C=O) groups excluding carboxylic acids is 1. The Hall–Kier alpha value is -1.87. The predicted molar refractivity (Wildman–Crippen MR) is 58.6 cm³/mol. The maximum atomic E-state index is 11.2. The highest BCUT2D eigenvalue weighted by atomic mass is 17.1. The third-order valence-electron chi connectivity index (χ3n) is 2.46. The Kier molecular flexibility index (Phi) is 3.63. The fourth-order valence-corrected chi connectivity index (χ4v) is 1.70. The van der Waals surface area contributed by atoms with E-state index >= 15 is 0 Å². The van der Waals surface area contributed by atoms with Crippen molar-refractivity contribution in [1.82, 2.24) is 5.48 Å². The standard InChI is InChI=1S/C10H12N2O6/c13-8(3-11-15)6-1-5(18-16)2-7-10(6)17-4-9(14)12-7/h1-2,8,11,13,15-16H,3-4H2,(H,12,14)/t8-/m1/s1. The summed E-state index contributed by atoms with van der Waals surface area (Å²) in [7, 11) is 0. The first-order valence-corrected chi connectivity index (χ1v) is 5.12. The van der Waals surface area contributed by atoms with Gasteiger partial charge in [-0.25, -0.2) is 10.7 Å². The minimum atomic E-state index is -1.09. The van der Waals surface area contributed by atoms with E-state index in [2.05, 4.69) is 10.2 Å². The van der Waals surface area contributed by atoms with Gasteiger partial charge in [-0.05, 0) is 6.07 Å². The monoisotopic (exact) mass is 256 g/mol. The molecule has 1 amide bonds. The summed E-state index contributed by atoms with van der Waals surface area (Å²) < 4.78 is 5.22. The Morgan fingerprint density at radius 3 is 3.00 bits per heavy atom. The van der Waals surface area contributed by atoms with Crippen molar-refractivity contribution in [3.63, 3.8) is 0 Å². The lowest BCUT2D eigenvalue weighted by Crippen LogP contribution is -2.27. The zero-order valence-electron chi connectivity index (χ0n) is 9.21. The molecule has 1 aromatic rings. The van der Waals surface area contributed by atoms with Gasteiger partial charge in [-0.1, -0.05) is 0 Å². The lowest BCUT2D eigenvalue weighted by molar-refractivity contribution is -0.137. The second-order valence-corrected chi connectivity index (χ2v) is 3.70. The van der Waals surface area contributed by atoms with E-state index in [9.17, 15) is 9.90 Å². The van der Waals surface area contributed by atoms with Crippen molar-refractivity contribution in [2.24, 2.45) is 0 Å². The van der Waals surface area contributed by atoms with E-state index < -0.39 is 6.10 Å². The minimum Gasteiger partial charge on any atom is -0.481 e. The molecule has 1 heterocycles. The minimum absolute atomic E-state index is 0.0338. The molecule has 2 rings (SSSR count). The number of anilines is 1. The van der Waals surface area contributed by atoms with E-state index in [0.29, 0.717) is 0 Å². The summed E-state index contributed by atoms with van der Waals surface area (Å²) in [6, 6.07) is 2.70. The average Bonchev–Trinajstić information content (AvgIpc) is 2.37.